The zero-order chi connectivity index (χ0) is 11.8. The molecule has 0 aromatic heterocycles. The van der Waals surface area contributed by atoms with E-state index in [-0.39, 0.29) is 23.7 Å². The molecule has 1 rings (SSSR count). The fourth-order valence-electron chi connectivity index (χ4n) is 1.52. The zero-order valence-electron chi connectivity index (χ0n) is 10.3. The van der Waals surface area contributed by atoms with Crippen LogP contribution < -0.4 is 5.32 Å². The third kappa shape index (κ3) is 3.05. The summed E-state index contributed by atoms with van der Waals surface area (Å²) >= 11 is 0. The molecule has 2 unspecified atom stereocenters. The first kappa shape index (κ1) is 12.2. The molecule has 15 heavy (non-hydrogen) atoms. The Balaban J connectivity index is 2.45. The zero-order valence-corrected chi connectivity index (χ0v) is 10.3. The summed E-state index contributed by atoms with van der Waals surface area (Å²) in [6.45, 7) is 9.38. The monoisotopic (exact) mass is 211 g/mol. The molecular weight excluding hydrogens is 190 g/mol. The van der Waals surface area contributed by atoms with Crippen LogP contribution in [0.2, 0.25) is 0 Å². The van der Waals surface area contributed by atoms with Gasteiger partial charge in [-0.15, -0.1) is 0 Å². The molecule has 0 aromatic carbocycles. The average Bonchev–Trinajstić information content (AvgIpc) is 2.79. The second kappa shape index (κ2) is 3.95. The molecule has 1 N–H and O–H groups in total. The lowest BCUT2D eigenvalue weighted by molar-refractivity contribution is -0.132. The number of amides is 1. The fourth-order valence-corrected chi connectivity index (χ4v) is 1.52. The SMILES string of the molecule is CC1CC1C(=O)[C@H](C)NC(=O)C(C)(C)C. The first-order valence-corrected chi connectivity index (χ1v) is 5.58. The summed E-state index contributed by atoms with van der Waals surface area (Å²) in [7, 11) is 0. The molecule has 1 saturated carbocycles. The number of Topliss-reactive ketones (excluding diaryl/α,β-unsaturated/α-hetero) is 1. The van der Waals surface area contributed by atoms with E-state index in [1.807, 2.05) is 20.8 Å². The molecule has 1 fully saturated rings. The molecular formula is C12H21NO2. The number of ketones is 1. The van der Waals surface area contributed by atoms with E-state index in [0.717, 1.165) is 6.42 Å². The van der Waals surface area contributed by atoms with Gasteiger partial charge in [0.2, 0.25) is 5.91 Å². The third-order valence-corrected chi connectivity index (χ3v) is 2.93. The summed E-state index contributed by atoms with van der Waals surface area (Å²) < 4.78 is 0. The van der Waals surface area contributed by atoms with E-state index in [4.69, 9.17) is 0 Å². The van der Waals surface area contributed by atoms with E-state index in [0.29, 0.717) is 5.92 Å². The maximum atomic E-state index is 11.8. The van der Waals surface area contributed by atoms with Crippen LogP contribution in [0, 0.1) is 17.3 Å². The van der Waals surface area contributed by atoms with Gasteiger partial charge in [0.15, 0.2) is 5.78 Å². The summed E-state index contributed by atoms with van der Waals surface area (Å²) in [6.07, 6.45) is 0.981. The van der Waals surface area contributed by atoms with Gasteiger partial charge in [0.1, 0.15) is 0 Å². The minimum Gasteiger partial charge on any atom is -0.346 e. The number of carbonyl (C=O) groups is 2. The van der Waals surface area contributed by atoms with Crippen molar-refractivity contribution >= 4 is 11.7 Å². The quantitative estimate of drug-likeness (QED) is 0.773. The van der Waals surface area contributed by atoms with Crippen molar-refractivity contribution in [2.75, 3.05) is 0 Å². The second-order valence-corrected chi connectivity index (χ2v) is 5.67. The molecule has 0 aromatic rings. The maximum Gasteiger partial charge on any atom is 0.225 e. The van der Waals surface area contributed by atoms with Crippen LogP contribution in [0.25, 0.3) is 0 Å². The van der Waals surface area contributed by atoms with Gasteiger partial charge in [0, 0.05) is 11.3 Å². The van der Waals surface area contributed by atoms with Crippen LogP contribution in [0.4, 0.5) is 0 Å². The van der Waals surface area contributed by atoms with Crippen LogP contribution in [-0.2, 0) is 9.59 Å². The highest BCUT2D eigenvalue weighted by molar-refractivity contribution is 5.93. The van der Waals surface area contributed by atoms with E-state index in [1.165, 1.54) is 0 Å². The van der Waals surface area contributed by atoms with E-state index < -0.39 is 5.41 Å². The van der Waals surface area contributed by atoms with Gasteiger partial charge in [-0.2, -0.15) is 0 Å². The standard InChI is InChI=1S/C12H21NO2/c1-7-6-9(7)10(14)8(2)13-11(15)12(3,4)5/h7-9H,6H2,1-5H3,(H,13,15)/t7?,8-,9?/m0/s1. The van der Waals surface area contributed by atoms with Crippen LogP contribution in [0.3, 0.4) is 0 Å². The van der Waals surface area contributed by atoms with Gasteiger partial charge >= 0.3 is 0 Å². The van der Waals surface area contributed by atoms with Crippen molar-refractivity contribution in [3.8, 4) is 0 Å². The Labute approximate surface area is 91.6 Å². The van der Waals surface area contributed by atoms with Crippen molar-refractivity contribution in [2.24, 2.45) is 17.3 Å². The van der Waals surface area contributed by atoms with Gasteiger partial charge in [0.05, 0.1) is 6.04 Å². The normalized spacial score (nSPS) is 27.0. The number of hydrogen-bond acceptors (Lipinski definition) is 2. The minimum absolute atomic E-state index is 0.0587. The Morgan fingerprint density at radius 1 is 1.33 bits per heavy atom. The van der Waals surface area contributed by atoms with Crippen molar-refractivity contribution in [2.45, 2.75) is 47.1 Å². The highest BCUT2D eigenvalue weighted by Crippen LogP contribution is 2.39. The molecule has 3 atom stereocenters. The molecule has 86 valence electrons. The summed E-state index contributed by atoms with van der Waals surface area (Å²) in [5.41, 5.74) is -0.427. The second-order valence-electron chi connectivity index (χ2n) is 5.67. The molecule has 0 saturated heterocycles. The molecule has 0 radical (unpaired) electrons. The van der Waals surface area contributed by atoms with Crippen molar-refractivity contribution in [3.63, 3.8) is 0 Å². The first-order valence-electron chi connectivity index (χ1n) is 5.58. The van der Waals surface area contributed by atoms with Gasteiger partial charge < -0.3 is 5.32 Å². The smallest absolute Gasteiger partial charge is 0.225 e. The van der Waals surface area contributed by atoms with Crippen LogP contribution in [0.5, 0.6) is 0 Å². The van der Waals surface area contributed by atoms with Gasteiger partial charge in [-0.25, -0.2) is 0 Å². The molecule has 1 aliphatic carbocycles. The van der Waals surface area contributed by atoms with Crippen LogP contribution >= 0.6 is 0 Å². The Kier molecular flexibility index (Phi) is 3.22. The van der Waals surface area contributed by atoms with Gasteiger partial charge in [0.25, 0.3) is 0 Å². The number of carbonyl (C=O) groups excluding carboxylic acids is 2. The molecule has 1 aliphatic rings. The predicted octanol–water partition coefficient (Wildman–Crippen LogP) is 1.76. The van der Waals surface area contributed by atoms with Crippen LogP contribution in [0.15, 0.2) is 0 Å². The number of hydrogen-bond donors (Lipinski definition) is 1. The summed E-state index contributed by atoms with van der Waals surface area (Å²) in [6, 6.07) is -0.341. The largest absolute Gasteiger partial charge is 0.346 e. The lowest BCUT2D eigenvalue weighted by Gasteiger charge is -2.21. The fraction of sp³-hybridized carbons (Fsp3) is 0.833. The lowest BCUT2D eigenvalue weighted by atomic mass is 9.95. The Morgan fingerprint density at radius 2 is 1.80 bits per heavy atom. The number of rotatable bonds is 3. The predicted molar refractivity (Wildman–Crippen MR) is 59.3 cm³/mol. The van der Waals surface area contributed by atoms with Crippen LogP contribution in [0.1, 0.15) is 41.0 Å². The van der Waals surface area contributed by atoms with Crippen molar-refractivity contribution in [3.05, 3.63) is 0 Å². The Bertz CT molecular complexity index is 278. The molecule has 1 amide bonds. The summed E-state index contributed by atoms with van der Waals surface area (Å²) in [5.74, 6) is 0.809. The van der Waals surface area contributed by atoms with Gasteiger partial charge in [-0.3, -0.25) is 9.59 Å². The first-order chi connectivity index (χ1) is 6.73. The average molecular weight is 211 g/mol. The molecule has 3 nitrogen and oxygen atoms in total. The molecule has 0 heterocycles. The molecule has 0 bridgehead atoms. The molecule has 0 spiro atoms. The van der Waals surface area contributed by atoms with Gasteiger partial charge in [-0.1, -0.05) is 27.7 Å². The highest BCUT2D eigenvalue weighted by atomic mass is 16.2. The van der Waals surface area contributed by atoms with Crippen molar-refractivity contribution in [1.82, 2.24) is 5.32 Å². The number of nitrogens with one attached hydrogen (secondary N) is 1. The highest BCUT2D eigenvalue weighted by Gasteiger charge is 2.41. The third-order valence-electron chi connectivity index (χ3n) is 2.93. The van der Waals surface area contributed by atoms with E-state index in [1.54, 1.807) is 6.92 Å². The maximum absolute atomic E-state index is 11.8. The van der Waals surface area contributed by atoms with Crippen molar-refractivity contribution in [1.29, 1.82) is 0 Å². The van der Waals surface area contributed by atoms with E-state index in [9.17, 15) is 9.59 Å². The lowest BCUT2D eigenvalue weighted by Crippen LogP contribution is -2.44. The Hall–Kier alpha value is -0.860. The molecule has 3 heteroatoms. The van der Waals surface area contributed by atoms with E-state index in [2.05, 4.69) is 12.2 Å². The van der Waals surface area contributed by atoms with E-state index >= 15 is 0 Å². The molecule has 0 aliphatic heterocycles. The minimum atomic E-state index is -0.427. The topological polar surface area (TPSA) is 46.2 Å². The summed E-state index contributed by atoms with van der Waals surface area (Å²) in [5, 5.41) is 2.77. The Morgan fingerprint density at radius 3 is 2.13 bits per heavy atom. The van der Waals surface area contributed by atoms with Gasteiger partial charge in [-0.05, 0) is 19.3 Å². The summed E-state index contributed by atoms with van der Waals surface area (Å²) in [4.78, 5) is 23.4. The van der Waals surface area contributed by atoms with Crippen molar-refractivity contribution < 1.29 is 9.59 Å². The van der Waals surface area contributed by atoms with Crippen LogP contribution in [-0.4, -0.2) is 17.7 Å².